The van der Waals surface area contributed by atoms with Crippen molar-refractivity contribution in [1.29, 1.82) is 0 Å². The number of anilines is 1. The van der Waals surface area contributed by atoms with Crippen LogP contribution < -0.4 is 15.7 Å². The molecule has 2 aromatic heterocycles. The first-order valence-electron chi connectivity index (χ1n) is 9.26. The van der Waals surface area contributed by atoms with Crippen LogP contribution in [0.2, 0.25) is 0 Å². The number of benzene rings is 2. The Bertz CT molecular complexity index is 1310. The van der Waals surface area contributed by atoms with Crippen LogP contribution >= 0.6 is 0 Å². The molecule has 0 fully saturated rings. The zero-order chi connectivity index (χ0) is 20.7. The first-order valence-corrected chi connectivity index (χ1v) is 9.26. The van der Waals surface area contributed by atoms with Crippen molar-refractivity contribution in [3.05, 3.63) is 69.3 Å². The number of fused-ring (bicyclic) bond motifs is 2. The fourth-order valence-corrected chi connectivity index (χ4v) is 3.59. The molecule has 2 heterocycles. The molecule has 0 aliphatic rings. The first kappa shape index (κ1) is 18.8. The van der Waals surface area contributed by atoms with Crippen LogP contribution in [-0.4, -0.2) is 13.0 Å². The molecule has 0 saturated heterocycles. The molecular formula is C23H21NO5. The zero-order valence-electron chi connectivity index (χ0n) is 16.7. The van der Waals surface area contributed by atoms with Gasteiger partial charge in [0.05, 0.1) is 25.4 Å². The molecule has 0 radical (unpaired) electrons. The second-order valence-corrected chi connectivity index (χ2v) is 7.12. The van der Waals surface area contributed by atoms with Crippen molar-refractivity contribution in [3.8, 4) is 5.75 Å². The Morgan fingerprint density at radius 3 is 2.62 bits per heavy atom. The van der Waals surface area contributed by atoms with E-state index in [1.54, 1.807) is 37.6 Å². The lowest BCUT2D eigenvalue weighted by atomic mass is 9.99. The molecule has 29 heavy (non-hydrogen) atoms. The van der Waals surface area contributed by atoms with E-state index in [1.807, 2.05) is 26.8 Å². The number of aryl methyl sites for hydroxylation is 3. The van der Waals surface area contributed by atoms with Crippen molar-refractivity contribution in [2.75, 3.05) is 12.4 Å². The van der Waals surface area contributed by atoms with E-state index in [9.17, 15) is 9.59 Å². The van der Waals surface area contributed by atoms with Crippen LogP contribution in [0.3, 0.4) is 0 Å². The van der Waals surface area contributed by atoms with Gasteiger partial charge >= 0.3 is 5.63 Å². The molecule has 4 rings (SSSR count). The van der Waals surface area contributed by atoms with E-state index >= 15 is 0 Å². The third-order valence-corrected chi connectivity index (χ3v) is 5.23. The van der Waals surface area contributed by atoms with Gasteiger partial charge in [0.2, 0.25) is 5.91 Å². The number of carbonyl (C=O) groups excluding carboxylic acids is 1. The van der Waals surface area contributed by atoms with Gasteiger partial charge in [-0.2, -0.15) is 0 Å². The molecular weight excluding hydrogens is 370 g/mol. The van der Waals surface area contributed by atoms with E-state index in [0.29, 0.717) is 28.2 Å². The molecule has 0 aliphatic carbocycles. The number of amides is 1. The normalized spacial score (nSPS) is 11.2. The molecule has 6 nitrogen and oxygen atoms in total. The van der Waals surface area contributed by atoms with Gasteiger partial charge in [-0.15, -0.1) is 0 Å². The van der Waals surface area contributed by atoms with E-state index in [-0.39, 0.29) is 12.3 Å². The lowest BCUT2D eigenvalue weighted by Crippen LogP contribution is -2.20. The molecule has 0 spiro atoms. The molecule has 0 bridgehead atoms. The van der Waals surface area contributed by atoms with Crippen molar-refractivity contribution in [1.82, 2.24) is 0 Å². The number of nitrogens with one attached hydrogen (secondary N) is 1. The van der Waals surface area contributed by atoms with Crippen molar-refractivity contribution >= 4 is 33.5 Å². The highest BCUT2D eigenvalue weighted by atomic mass is 16.5. The molecule has 1 amide bonds. The minimum atomic E-state index is -0.512. The van der Waals surface area contributed by atoms with E-state index < -0.39 is 5.63 Å². The van der Waals surface area contributed by atoms with Gasteiger partial charge in [-0.1, -0.05) is 6.07 Å². The summed E-state index contributed by atoms with van der Waals surface area (Å²) >= 11 is 0. The van der Waals surface area contributed by atoms with Crippen LogP contribution in [0.25, 0.3) is 21.9 Å². The number of carbonyl (C=O) groups is 1. The molecule has 0 saturated carbocycles. The Morgan fingerprint density at radius 2 is 1.86 bits per heavy atom. The highest BCUT2D eigenvalue weighted by Crippen LogP contribution is 2.32. The number of rotatable bonds is 4. The maximum absolute atomic E-state index is 12.6. The zero-order valence-corrected chi connectivity index (χ0v) is 16.7. The van der Waals surface area contributed by atoms with Crippen LogP contribution in [0.15, 0.2) is 50.2 Å². The van der Waals surface area contributed by atoms with Gasteiger partial charge in [-0.3, -0.25) is 4.79 Å². The van der Waals surface area contributed by atoms with Gasteiger partial charge in [0.15, 0.2) is 0 Å². The summed E-state index contributed by atoms with van der Waals surface area (Å²) in [5.41, 5.74) is 4.16. The third-order valence-electron chi connectivity index (χ3n) is 5.23. The lowest BCUT2D eigenvalue weighted by molar-refractivity contribution is -0.115. The Hall–Kier alpha value is -3.54. The maximum atomic E-state index is 12.6. The van der Waals surface area contributed by atoms with Crippen LogP contribution in [0.5, 0.6) is 5.75 Å². The average molecular weight is 391 g/mol. The summed E-state index contributed by atoms with van der Waals surface area (Å²) in [5.74, 6) is 0.337. The fraction of sp³-hybridized carbons (Fsp3) is 0.217. The second kappa shape index (κ2) is 7.13. The summed E-state index contributed by atoms with van der Waals surface area (Å²) in [5, 5.41) is 4.58. The molecule has 4 aromatic rings. The molecule has 0 unspecified atom stereocenters. The molecule has 2 aromatic carbocycles. The van der Waals surface area contributed by atoms with E-state index in [0.717, 1.165) is 27.5 Å². The Labute approximate surface area is 167 Å². The first-order chi connectivity index (χ1) is 13.9. The fourth-order valence-electron chi connectivity index (χ4n) is 3.59. The summed E-state index contributed by atoms with van der Waals surface area (Å²) in [7, 11) is 1.56. The number of hydrogen-bond donors (Lipinski definition) is 1. The highest BCUT2D eigenvalue weighted by molar-refractivity contribution is 6.00. The highest BCUT2D eigenvalue weighted by Gasteiger charge is 2.19. The summed E-state index contributed by atoms with van der Waals surface area (Å²) < 4.78 is 16.4. The summed E-state index contributed by atoms with van der Waals surface area (Å²) in [4.78, 5) is 25.2. The predicted molar refractivity (Wildman–Crippen MR) is 112 cm³/mol. The van der Waals surface area contributed by atoms with Gasteiger partial charge in [0, 0.05) is 28.1 Å². The smallest absolute Gasteiger partial charge is 0.340 e. The monoisotopic (exact) mass is 391 g/mol. The van der Waals surface area contributed by atoms with Crippen LogP contribution in [0.1, 0.15) is 22.3 Å². The van der Waals surface area contributed by atoms with E-state index in [2.05, 4.69) is 5.32 Å². The Kier molecular flexibility index (Phi) is 4.62. The summed E-state index contributed by atoms with van der Waals surface area (Å²) in [6.07, 6.45) is 1.61. The molecule has 1 N–H and O–H groups in total. The van der Waals surface area contributed by atoms with Gasteiger partial charge in [-0.25, -0.2) is 4.79 Å². The minimum absolute atomic E-state index is 0.0806. The van der Waals surface area contributed by atoms with Crippen LogP contribution in [0.4, 0.5) is 5.69 Å². The van der Waals surface area contributed by atoms with E-state index in [1.165, 1.54) is 0 Å². The maximum Gasteiger partial charge on any atom is 0.340 e. The lowest BCUT2D eigenvalue weighted by Gasteiger charge is -2.11. The van der Waals surface area contributed by atoms with Gasteiger partial charge in [-0.05, 0) is 50.1 Å². The topological polar surface area (TPSA) is 81.7 Å². The van der Waals surface area contributed by atoms with E-state index in [4.69, 9.17) is 13.6 Å². The summed E-state index contributed by atoms with van der Waals surface area (Å²) in [6.45, 7) is 5.67. The van der Waals surface area contributed by atoms with Crippen LogP contribution in [-0.2, 0) is 11.2 Å². The summed E-state index contributed by atoms with van der Waals surface area (Å²) in [6, 6.07) is 9.01. The standard InChI is InChI=1S/C23H21NO5/c1-12-11-28-21-14(3)22-18(9-17(12)21)13(2)19(23(26)29-22)10-20(25)24-15-6-5-7-16(8-15)27-4/h5-9,11H,10H2,1-4H3,(H,24,25). The third kappa shape index (κ3) is 3.27. The average Bonchev–Trinajstić information content (AvgIpc) is 3.07. The predicted octanol–water partition coefficient (Wildman–Crippen LogP) is 4.65. The largest absolute Gasteiger partial charge is 0.497 e. The molecule has 0 aliphatic heterocycles. The number of furan rings is 1. The van der Waals surface area contributed by atoms with Gasteiger partial charge in [0.25, 0.3) is 0 Å². The molecule has 148 valence electrons. The van der Waals surface area contributed by atoms with Crippen molar-refractivity contribution < 1.29 is 18.4 Å². The van der Waals surface area contributed by atoms with Crippen molar-refractivity contribution in [3.63, 3.8) is 0 Å². The quantitative estimate of drug-likeness (QED) is 0.512. The SMILES string of the molecule is COc1cccc(NC(=O)Cc2c(C)c3cc4c(C)coc4c(C)c3oc2=O)c1. The number of methoxy groups -OCH3 is 1. The number of ether oxygens (including phenoxy) is 1. The van der Waals surface area contributed by atoms with Crippen molar-refractivity contribution in [2.24, 2.45) is 0 Å². The Morgan fingerprint density at radius 1 is 1.07 bits per heavy atom. The second-order valence-electron chi connectivity index (χ2n) is 7.12. The van der Waals surface area contributed by atoms with Gasteiger partial charge in [0.1, 0.15) is 16.9 Å². The van der Waals surface area contributed by atoms with Crippen molar-refractivity contribution in [2.45, 2.75) is 27.2 Å². The molecule has 0 atom stereocenters. The number of hydrogen-bond acceptors (Lipinski definition) is 5. The molecule has 6 heteroatoms. The Balaban J connectivity index is 1.73. The van der Waals surface area contributed by atoms with Crippen LogP contribution in [0, 0.1) is 20.8 Å². The van der Waals surface area contributed by atoms with Gasteiger partial charge < -0.3 is 18.9 Å². The minimum Gasteiger partial charge on any atom is -0.497 e.